The standard InChI is InChI=1S/C11H9N5/c1-13-11-15-7-9(5-12)10(16-11)8-3-2-4-14-6-8/h2-4,6-7H,1H3,(H,13,15,16). The lowest BCUT2D eigenvalue weighted by Crippen LogP contribution is -1.99. The Bertz CT molecular complexity index is 530. The molecule has 5 heteroatoms. The fourth-order valence-corrected chi connectivity index (χ4v) is 1.31. The fourth-order valence-electron chi connectivity index (χ4n) is 1.31. The molecule has 2 heterocycles. The van der Waals surface area contributed by atoms with Gasteiger partial charge in [-0.3, -0.25) is 4.98 Å². The first-order chi connectivity index (χ1) is 7.85. The van der Waals surface area contributed by atoms with Gasteiger partial charge in [0.25, 0.3) is 0 Å². The number of nitrogens with one attached hydrogen (secondary N) is 1. The minimum Gasteiger partial charge on any atom is -0.357 e. The number of rotatable bonds is 2. The molecule has 0 aromatic carbocycles. The van der Waals surface area contributed by atoms with Crippen LogP contribution >= 0.6 is 0 Å². The molecule has 0 aliphatic carbocycles. The summed E-state index contributed by atoms with van der Waals surface area (Å²) in [5.41, 5.74) is 1.83. The molecule has 2 aromatic rings. The zero-order valence-electron chi connectivity index (χ0n) is 8.68. The number of pyridine rings is 1. The maximum Gasteiger partial charge on any atom is 0.223 e. The maximum atomic E-state index is 8.97. The van der Waals surface area contributed by atoms with Gasteiger partial charge in [-0.15, -0.1) is 0 Å². The van der Waals surface area contributed by atoms with Gasteiger partial charge in [-0.25, -0.2) is 9.97 Å². The molecule has 0 radical (unpaired) electrons. The molecule has 0 amide bonds. The molecule has 0 spiro atoms. The van der Waals surface area contributed by atoms with Crippen molar-refractivity contribution in [3.8, 4) is 17.3 Å². The first-order valence-corrected chi connectivity index (χ1v) is 4.70. The molecule has 0 atom stereocenters. The summed E-state index contributed by atoms with van der Waals surface area (Å²) in [7, 11) is 1.73. The Hall–Kier alpha value is -2.48. The lowest BCUT2D eigenvalue weighted by Gasteiger charge is -2.04. The number of anilines is 1. The smallest absolute Gasteiger partial charge is 0.223 e. The van der Waals surface area contributed by atoms with Crippen LogP contribution in [0.3, 0.4) is 0 Å². The lowest BCUT2D eigenvalue weighted by molar-refractivity contribution is 1.14. The molecule has 2 rings (SSSR count). The molecule has 78 valence electrons. The Kier molecular flexibility index (Phi) is 2.74. The molecule has 2 aromatic heterocycles. The molecule has 1 N–H and O–H groups in total. The van der Waals surface area contributed by atoms with Crippen molar-refractivity contribution in [1.82, 2.24) is 15.0 Å². The third-order valence-electron chi connectivity index (χ3n) is 2.07. The van der Waals surface area contributed by atoms with E-state index in [9.17, 15) is 0 Å². The second-order valence-electron chi connectivity index (χ2n) is 3.06. The van der Waals surface area contributed by atoms with Crippen molar-refractivity contribution < 1.29 is 0 Å². The van der Waals surface area contributed by atoms with E-state index in [1.54, 1.807) is 25.5 Å². The number of nitriles is 1. The van der Waals surface area contributed by atoms with Crippen molar-refractivity contribution in [2.24, 2.45) is 0 Å². The maximum absolute atomic E-state index is 8.97. The average molecular weight is 211 g/mol. The van der Waals surface area contributed by atoms with Gasteiger partial charge < -0.3 is 5.32 Å². The summed E-state index contributed by atoms with van der Waals surface area (Å²) in [6.07, 6.45) is 4.85. The Morgan fingerprint density at radius 3 is 2.88 bits per heavy atom. The third-order valence-corrected chi connectivity index (χ3v) is 2.07. The molecule has 0 saturated carbocycles. The highest BCUT2D eigenvalue weighted by molar-refractivity contribution is 5.66. The van der Waals surface area contributed by atoms with Crippen molar-refractivity contribution in [2.45, 2.75) is 0 Å². The largest absolute Gasteiger partial charge is 0.357 e. The van der Waals surface area contributed by atoms with Gasteiger partial charge in [-0.05, 0) is 12.1 Å². The highest BCUT2D eigenvalue weighted by Gasteiger charge is 2.08. The van der Waals surface area contributed by atoms with Gasteiger partial charge >= 0.3 is 0 Å². The van der Waals surface area contributed by atoms with Gasteiger partial charge in [-0.1, -0.05) is 0 Å². The predicted molar refractivity (Wildman–Crippen MR) is 59.5 cm³/mol. The third kappa shape index (κ3) is 1.81. The van der Waals surface area contributed by atoms with Crippen molar-refractivity contribution >= 4 is 5.95 Å². The Morgan fingerprint density at radius 2 is 2.25 bits per heavy atom. The minimum absolute atomic E-state index is 0.437. The van der Waals surface area contributed by atoms with Crippen LogP contribution < -0.4 is 5.32 Å². The summed E-state index contributed by atoms with van der Waals surface area (Å²) in [6, 6.07) is 5.72. The summed E-state index contributed by atoms with van der Waals surface area (Å²) in [6.45, 7) is 0. The number of aromatic nitrogens is 3. The second-order valence-corrected chi connectivity index (χ2v) is 3.06. The van der Waals surface area contributed by atoms with E-state index >= 15 is 0 Å². The summed E-state index contributed by atoms with van der Waals surface area (Å²) in [4.78, 5) is 12.2. The molecular weight excluding hydrogens is 202 g/mol. The van der Waals surface area contributed by atoms with E-state index in [2.05, 4.69) is 26.3 Å². The Morgan fingerprint density at radius 1 is 1.38 bits per heavy atom. The van der Waals surface area contributed by atoms with Crippen molar-refractivity contribution in [2.75, 3.05) is 12.4 Å². The second kappa shape index (κ2) is 4.36. The van der Waals surface area contributed by atoms with Gasteiger partial charge in [0.2, 0.25) is 5.95 Å². The van der Waals surface area contributed by atoms with Crippen molar-refractivity contribution in [3.05, 3.63) is 36.3 Å². The van der Waals surface area contributed by atoms with Gasteiger partial charge in [-0.2, -0.15) is 5.26 Å². The first-order valence-electron chi connectivity index (χ1n) is 4.70. The van der Waals surface area contributed by atoms with E-state index in [0.717, 1.165) is 5.56 Å². The Balaban J connectivity index is 2.59. The number of hydrogen-bond donors (Lipinski definition) is 1. The van der Waals surface area contributed by atoms with E-state index < -0.39 is 0 Å². The summed E-state index contributed by atoms with van der Waals surface area (Å²) in [5, 5.41) is 11.8. The highest BCUT2D eigenvalue weighted by Crippen LogP contribution is 2.20. The molecule has 0 bridgehead atoms. The SMILES string of the molecule is CNc1ncc(C#N)c(-c2cccnc2)n1. The molecule has 5 nitrogen and oxygen atoms in total. The number of hydrogen-bond acceptors (Lipinski definition) is 5. The summed E-state index contributed by atoms with van der Waals surface area (Å²) >= 11 is 0. The van der Waals surface area contributed by atoms with Crippen LogP contribution in [-0.2, 0) is 0 Å². The molecule has 16 heavy (non-hydrogen) atoms. The minimum atomic E-state index is 0.437. The summed E-state index contributed by atoms with van der Waals surface area (Å²) < 4.78 is 0. The van der Waals surface area contributed by atoms with E-state index in [0.29, 0.717) is 17.2 Å². The fraction of sp³-hybridized carbons (Fsp3) is 0.0909. The van der Waals surface area contributed by atoms with Crippen molar-refractivity contribution in [1.29, 1.82) is 5.26 Å². The highest BCUT2D eigenvalue weighted by atomic mass is 15.1. The lowest BCUT2D eigenvalue weighted by atomic mass is 10.1. The normalized spacial score (nSPS) is 9.50. The van der Waals surface area contributed by atoms with E-state index in [-0.39, 0.29) is 0 Å². The predicted octanol–water partition coefficient (Wildman–Crippen LogP) is 1.45. The number of nitrogens with zero attached hydrogens (tertiary/aromatic N) is 4. The van der Waals surface area contributed by atoms with Crippen LogP contribution in [0.15, 0.2) is 30.7 Å². The van der Waals surface area contributed by atoms with E-state index in [1.807, 2.05) is 6.07 Å². The van der Waals surface area contributed by atoms with E-state index in [1.165, 1.54) is 6.20 Å². The molecule has 0 fully saturated rings. The molecule has 0 saturated heterocycles. The topological polar surface area (TPSA) is 74.5 Å². The summed E-state index contributed by atoms with van der Waals surface area (Å²) in [5.74, 6) is 0.484. The van der Waals surface area contributed by atoms with Crippen LogP contribution in [0.5, 0.6) is 0 Å². The van der Waals surface area contributed by atoms with Gasteiger partial charge in [0, 0.05) is 25.0 Å². The van der Waals surface area contributed by atoms with Crippen LogP contribution in [0, 0.1) is 11.3 Å². The monoisotopic (exact) mass is 211 g/mol. The molecule has 0 aliphatic heterocycles. The van der Waals surface area contributed by atoms with Crippen LogP contribution in [0.1, 0.15) is 5.56 Å². The van der Waals surface area contributed by atoms with Crippen LogP contribution in [-0.4, -0.2) is 22.0 Å². The van der Waals surface area contributed by atoms with Gasteiger partial charge in [0.15, 0.2) is 0 Å². The van der Waals surface area contributed by atoms with Crippen molar-refractivity contribution in [3.63, 3.8) is 0 Å². The Labute approximate surface area is 92.8 Å². The van der Waals surface area contributed by atoms with Gasteiger partial charge in [0.05, 0.1) is 17.5 Å². The molecular formula is C11H9N5. The van der Waals surface area contributed by atoms with Gasteiger partial charge in [0.1, 0.15) is 6.07 Å². The zero-order chi connectivity index (χ0) is 11.4. The molecule has 0 unspecified atom stereocenters. The quantitative estimate of drug-likeness (QED) is 0.813. The average Bonchev–Trinajstić information content (AvgIpc) is 2.39. The van der Waals surface area contributed by atoms with Crippen LogP contribution in [0.4, 0.5) is 5.95 Å². The molecule has 0 aliphatic rings. The zero-order valence-corrected chi connectivity index (χ0v) is 8.68. The first kappa shape index (κ1) is 10.1. The van der Waals surface area contributed by atoms with Crippen LogP contribution in [0.25, 0.3) is 11.3 Å². The van der Waals surface area contributed by atoms with E-state index in [4.69, 9.17) is 5.26 Å². The van der Waals surface area contributed by atoms with Crippen LogP contribution in [0.2, 0.25) is 0 Å².